The van der Waals surface area contributed by atoms with Crippen LogP contribution in [0.5, 0.6) is 0 Å². The first-order valence-electron chi connectivity index (χ1n) is 5.71. The topological polar surface area (TPSA) is 68.0 Å². The van der Waals surface area contributed by atoms with Crippen LogP contribution in [0.3, 0.4) is 0 Å². The number of pyridine rings is 1. The van der Waals surface area contributed by atoms with Crippen LogP contribution >= 0.6 is 0 Å². The van der Waals surface area contributed by atoms with Crippen molar-refractivity contribution in [1.82, 2.24) is 4.98 Å². The average molecular weight is 219 g/mol. The number of hydrogen-bond donors (Lipinski definition) is 2. The fourth-order valence-electron chi connectivity index (χ4n) is 2.30. The summed E-state index contributed by atoms with van der Waals surface area (Å²) >= 11 is 0. The molecule has 2 rings (SSSR count). The summed E-state index contributed by atoms with van der Waals surface area (Å²) in [7, 11) is 0. The predicted molar refractivity (Wildman–Crippen MR) is 62.9 cm³/mol. The van der Waals surface area contributed by atoms with Crippen LogP contribution in [0.15, 0.2) is 24.5 Å². The molecule has 1 aromatic rings. The molecule has 0 saturated heterocycles. The van der Waals surface area contributed by atoms with Crippen molar-refractivity contribution in [3.63, 3.8) is 0 Å². The van der Waals surface area contributed by atoms with Gasteiger partial charge >= 0.3 is 0 Å². The van der Waals surface area contributed by atoms with E-state index in [0.29, 0.717) is 0 Å². The highest BCUT2D eigenvalue weighted by atomic mass is 16.1. The lowest BCUT2D eigenvalue weighted by Gasteiger charge is -2.35. The SMILES string of the molecule is NC(=O)C1(Nc2cccnc2)CCCCC1. The third-order valence-corrected chi connectivity index (χ3v) is 3.22. The second-order valence-corrected chi connectivity index (χ2v) is 4.37. The first-order chi connectivity index (χ1) is 7.73. The molecule has 1 aliphatic carbocycles. The number of nitrogens with zero attached hydrogens (tertiary/aromatic N) is 1. The number of nitrogens with one attached hydrogen (secondary N) is 1. The van der Waals surface area contributed by atoms with E-state index in [4.69, 9.17) is 5.73 Å². The van der Waals surface area contributed by atoms with Gasteiger partial charge in [0.1, 0.15) is 5.54 Å². The molecule has 0 bridgehead atoms. The highest BCUT2D eigenvalue weighted by molar-refractivity contribution is 5.88. The van der Waals surface area contributed by atoms with Crippen molar-refractivity contribution in [1.29, 1.82) is 0 Å². The second kappa shape index (κ2) is 4.51. The number of anilines is 1. The molecule has 1 heterocycles. The molecule has 1 aromatic heterocycles. The Labute approximate surface area is 95.3 Å². The summed E-state index contributed by atoms with van der Waals surface area (Å²) in [4.78, 5) is 15.6. The minimum absolute atomic E-state index is 0.254. The quantitative estimate of drug-likeness (QED) is 0.812. The number of nitrogens with two attached hydrogens (primary N) is 1. The number of aromatic nitrogens is 1. The van der Waals surface area contributed by atoms with Gasteiger partial charge in [-0.3, -0.25) is 9.78 Å². The molecule has 0 unspecified atom stereocenters. The molecule has 4 nitrogen and oxygen atoms in total. The highest BCUT2D eigenvalue weighted by Gasteiger charge is 2.37. The summed E-state index contributed by atoms with van der Waals surface area (Å²) < 4.78 is 0. The van der Waals surface area contributed by atoms with Crippen LogP contribution < -0.4 is 11.1 Å². The minimum Gasteiger partial charge on any atom is -0.370 e. The van der Waals surface area contributed by atoms with Gasteiger partial charge in [-0.05, 0) is 25.0 Å². The number of carbonyl (C=O) groups excluding carboxylic acids is 1. The normalized spacial score (nSPS) is 19.0. The van der Waals surface area contributed by atoms with E-state index in [9.17, 15) is 4.79 Å². The number of rotatable bonds is 3. The van der Waals surface area contributed by atoms with E-state index in [1.165, 1.54) is 6.42 Å². The molecule has 1 saturated carbocycles. The Morgan fingerprint density at radius 3 is 2.69 bits per heavy atom. The van der Waals surface area contributed by atoms with E-state index in [2.05, 4.69) is 10.3 Å². The second-order valence-electron chi connectivity index (χ2n) is 4.37. The molecule has 1 fully saturated rings. The Hall–Kier alpha value is -1.58. The van der Waals surface area contributed by atoms with Crippen molar-refractivity contribution in [2.24, 2.45) is 5.73 Å². The van der Waals surface area contributed by atoms with E-state index in [0.717, 1.165) is 31.4 Å². The van der Waals surface area contributed by atoms with Gasteiger partial charge < -0.3 is 11.1 Å². The smallest absolute Gasteiger partial charge is 0.243 e. The Balaban J connectivity index is 2.17. The Kier molecular flexibility index (Phi) is 3.08. The van der Waals surface area contributed by atoms with Gasteiger partial charge in [0, 0.05) is 12.4 Å². The van der Waals surface area contributed by atoms with Crippen LogP contribution in [0, 0.1) is 0 Å². The van der Waals surface area contributed by atoms with Gasteiger partial charge in [0.25, 0.3) is 0 Å². The lowest BCUT2D eigenvalue weighted by atomic mass is 9.81. The maximum Gasteiger partial charge on any atom is 0.243 e. The summed E-state index contributed by atoms with van der Waals surface area (Å²) in [6.07, 6.45) is 8.35. The molecule has 4 heteroatoms. The molecule has 16 heavy (non-hydrogen) atoms. The molecule has 86 valence electrons. The minimum atomic E-state index is -0.568. The first-order valence-corrected chi connectivity index (χ1v) is 5.71. The molecular weight excluding hydrogens is 202 g/mol. The van der Waals surface area contributed by atoms with Crippen LogP contribution in [-0.2, 0) is 4.79 Å². The fourth-order valence-corrected chi connectivity index (χ4v) is 2.30. The highest BCUT2D eigenvalue weighted by Crippen LogP contribution is 2.31. The summed E-state index contributed by atoms with van der Waals surface area (Å²) in [5.41, 5.74) is 5.82. The van der Waals surface area contributed by atoms with Crippen LogP contribution in [0.25, 0.3) is 0 Å². The van der Waals surface area contributed by atoms with Gasteiger partial charge in [-0.2, -0.15) is 0 Å². The van der Waals surface area contributed by atoms with Crippen LogP contribution in [-0.4, -0.2) is 16.4 Å². The van der Waals surface area contributed by atoms with E-state index in [1.54, 1.807) is 12.4 Å². The molecule has 3 N–H and O–H groups in total. The molecule has 1 aliphatic rings. The van der Waals surface area contributed by atoms with E-state index in [1.807, 2.05) is 12.1 Å². The Morgan fingerprint density at radius 1 is 1.38 bits per heavy atom. The standard InChI is InChI=1S/C12H17N3O/c13-11(16)12(6-2-1-3-7-12)15-10-5-4-8-14-9-10/h4-5,8-9,15H,1-3,6-7H2,(H2,13,16). The van der Waals surface area contributed by atoms with E-state index >= 15 is 0 Å². The summed E-state index contributed by atoms with van der Waals surface area (Å²) in [5.74, 6) is -0.254. The fraction of sp³-hybridized carbons (Fsp3) is 0.500. The monoisotopic (exact) mass is 219 g/mol. The predicted octanol–water partition coefficient (Wildman–Crippen LogP) is 1.68. The number of carbonyl (C=O) groups is 1. The molecule has 0 spiro atoms. The van der Waals surface area contributed by atoms with E-state index < -0.39 is 5.54 Å². The van der Waals surface area contributed by atoms with Gasteiger partial charge in [0.15, 0.2) is 0 Å². The number of amides is 1. The van der Waals surface area contributed by atoms with Gasteiger partial charge in [0.2, 0.25) is 5.91 Å². The largest absolute Gasteiger partial charge is 0.370 e. The molecule has 0 aliphatic heterocycles. The zero-order chi connectivity index (χ0) is 11.4. The van der Waals surface area contributed by atoms with Gasteiger partial charge in [-0.15, -0.1) is 0 Å². The summed E-state index contributed by atoms with van der Waals surface area (Å²) in [5, 5.41) is 3.26. The lowest BCUT2D eigenvalue weighted by molar-refractivity contribution is -0.123. The average Bonchev–Trinajstić information content (AvgIpc) is 2.31. The van der Waals surface area contributed by atoms with Crippen LogP contribution in [0.1, 0.15) is 32.1 Å². The maximum atomic E-state index is 11.6. The molecule has 0 atom stereocenters. The maximum absolute atomic E-state index is 11.6. The van der Waals surface area contributed by atoms with Gasteiger partial charge in [0.05, 0.1) is 5.69 Å². The van der Waals surface area contributed by atoms with Crippen molar-refractivity contribution < 1.29 is 4.79 Å². The van der Waals surface area contributed by atoms with Crippen molar-refractivity contribution in [2.45, 2.75) is 37.6 Å². The lowest BCUT2D eigenvalue weighted by Crippen LogP contribution is -2.51. The first kappa shape index (κ1) is 10.9. The molecular formula is C12H17N3O. The van der Waals surface area contributed by atoms with Crippen molar-refractivity contribution in [3.8, 4) is 0 Å². The van der Waals surface area contributed by atoms with E-state index in [-0.39, 0.29) is 5.91 Å². The Morgan fingerprint density at radius 2 is 2.12 bits per heavy atom. The molecule has 0 aromatic carbocycles. The van der Waals surface area contributed by atoms with Crippen molar-refractivity contribution in [2.75, 3.05) is 5.32 Å². The Bertz CT molecular complexity index is 358. The van der Waals surface area contributed by atoms with Gasteiger partial charge in [-0.1, -0.05) is 19.3 Å². The molecule has 0 radical (unpaired) electrons. The third-order valence-electron chi connectivity index (χ3n) is 3.22. The van der Waals surface area contributed by atoms with Crippen LogP contribution in [0.2, 0.25) is 0 Å². The number of primary amides is 1. The zero-order valence-corrected chi connectivity index (χ0v) is 9.28. The van der Waals surface area contributed by atoms with Gasteiger partial charge in [-0.25, -0.2) is 0 Å². The molecule has 1 amide bonds. The third kappa shape index (κ3) is 2.15. The van der Waals surface area contributed by atoms with Crippen molar-refractivity contribution >= 4 is 11.6 Å². The summed E-state index contributed by atoms with van der Waals surface area (Å²) in [6.45, 7) is 0. The van der Waals surface area contributed by atoms with Crippen molar-refractivity contribution in [3.05, 3.63) is 24.5 Å². The zero-order valence-electron chi connectivity index (χ0n) is 9.28. The summed E-state index contributed by atoms with van der Waals surface area (Å²) in [6, 6.07) is 3.76. The number of hydrogen-bond acceptors (Lipinski definition) is 3. The van der Waals surface area contributed by atoms with Crippen LogP contribution in [0.4, 0.5) is 5.69 Å².